The summed E-state index contributed by atoms with van der Waals surface area (Å²) in [7, 11) is 2.00. The van der Waals surface area contributed by atoms with Crippen molar-refractivity contribution in [2.24, 2.45) is 0 Å². The van der Waals surface area contributed by atoms with Gasteiger partial charge in [0.15, 0.2) is 0 Å². The van der Waals surface area contributed by atoms with E-state index in [-0.39, 0.29) is 0 Å². The van der Waals surface area contributed by atoms with Crippen LogP contribution in [-0.2, 0) is 6.42 Å². The second kappa shape index (κ2) is 4.97. The number of hydrogen-bond acceptors (Lipinski definition) is 2. The van der Waals surface area contributed by atoms with E-state index in [1.54, 1.807) is 0 Å². The number of aryl methyl sites for hydroxylation is 1. The van der Waals surface area contributed by atoms with Crippen molar-refractivity contribution >= 4 is 16.6 Å². The Hall–Kier alpha value is -1.57. The summed E-state index contributed by atoms with van der Waals surface area (Å²) in [5.74, 6) is 0.547. The van der Waals surface area contributed by atoms with Crippen LogP contribution < -0.4 is 5.32 Å². The molecule has 0 bridgehead atoms. The summed E-state index contributed by atoms with van der Waals surface area (Å²) in [4.78, 5) is 4.72. The maximum atomic E-state index is 4.72. The largest absolute Gasteiger partial charge is 0.387 e. The molecule has 0 aliphatic rings. The molecule has 0 aliphatic heterocycles. The molecule has 1 aromatic heterocycles. The van der Waals surface area contributed by atoms with E-state index in [0.29, 0.717) is 5.92 Å². The van der Waals surface area contributed by atoms with Crippen LogP contribution in [0.3, 0.4) is 0 Å². The van der Waals surface area contributed by atoms with E-state index in [4.69, 9.17) is 4.98 Å². The molecule has 0 spiro atoms. The van der Waals surface area contributed by atoms with E-state index in [9.17, 15) is 0 Å². The molecule has 0 fully saturated rings. The monoisotopic (exact) mass is 242 g/mol. The zero-order valence-electron chi connectivity index (χ0n) is 12.0. The predicted octanol–water partition coefficient (Wildman–Crippen LogP) is 4.27. The number of aromatic nitrogens is 1. The lowest BCUT2D eigenvalue weighted by Gasteiger charge is -2.15. The molecule has 0 saturated heterocycles. The molecule has 1 heterocycles. The van der Waals surface area contributed by atoms with E-state index in [1.165, 1.54) is 22.2 Å². The summed E-state index contributed by atoms with van der Waals surface area (Å²) in [5.41, 5.74) is 6.14. The Labute approximate surface area is 109 Å². The Balaban J connectivity index is 2.78. The fourth-order valence-corrected chi connectivity index (χ4v) is 2.52. The van der Waals surface area contributed by atoms with Crippen molar-refractivity contribution in [3.63, 3.8) is 0 Å². The molecule has 2 heteroatoms. The molecule has 2 nitrogen and oxygen atoms in total. The van der Waals surface area contributed by atoms with Gasteiger partial charge in [0, 0.05) is 23.8 Å². The number of nitrogens with one attached hydrogen (secondary N) is 1. The fourth-order valence-electron chi connectivity index (χ4n) is 2.52. The second-order valence-electron chi connectivity index (χ2n) is 5.09. The summed E-state index contributed by atoms with van der Waals surface area (Å²) in [6.45, 7) is 8.73. The molecule has 1 N–H and O–H groups in total. The Morgan fingerprint density at radius 1 is 1.28 bits per heavy atom. The summed E-state index contributed by atoms with van der Waals surface area (Å²) in [6.07, 6.45) is 1.01. The topological polar surface area (TPSA) is 24.9 Å². The standard InChI is InChI=1S/C16H22N2/c1-6-13-11(4)18-15-8-7-12(10(2)3)9-14(15)16(13)17-5/h7-10H,6H2,1-5H3,(H,17,18). The van der Waals surface area contributed by atoms with E-state index < -0.39 is 0 Å². The van der Waals surface area contributed by atoms with Gasteiger partial charge in [-0.05, 0) is 42.5 Å². The van der Waals surface area contributed by atoms with Crippen LogP contribution in [-0.4, -0.2) is 12.0 Å². The average Bonchev–Trinajstić information content (AvgIpc) is 2.36. The molecule has 2 aromatic rings. The number of pyridine rings is 1. The maximum Gasteiger partial charge on any atom is 0.0726 e. The minimum absolute atomic E-state index is 0.547. The van der Waals surface area contributed by atoms with Gasteiger partial charge in [-0.3, -0.25) is 4.98 Å². The summed E-state index contributed by atoms with van der Waals surface area (Å²) >= 11 is 0. The van der Waals surface area contributed by atoms with Gasteiger partial charge >= 0.3 is 0 Å². The summed E-state index contributed by atoms with van der Waals surface area (Å²) < 4.78 is 0. The molecule has 0 unspecified atom stereocenters. The highest BCUT2D eigenvalue weighted by Gasteiger charge is 2.11. The van der Waals surface area contributed by atoms with Crippen molar-refractivity contribution in [3.8, 4) is 0 Å². The third-order valence-electron chi connectivity index (χ3n) is 3.59. The molecule has 18 heavy (non-hydrogen) atoms. The minimum atomic E-state index is 0.547. The Kier molecular flexibility index (Phi) is 3.55. The number of rotatable bonds is 3. The van der Waals surface area contributed by atoms with Crippen LogP contribution >= 0.6 is 0 Å². The molecule has 0 atom stereocenters. The molecular formula is C16H22N2. The van der Waals surface area contributed by atoms with Crippen LogP contribution in [0.1, 0.15) is 43.5 Å². The van der Waals surface area contributed by atoms with Gasteiger partial charge in [-0.2, -0.15) is 0 Å². The summed E-state index contributed by atoms with van der Waals surface area (Å²) in [6, 6.07) is 6.60. The Morgan fingerprint density at radius 2 is 2.00 bits per heavy atom. The van der Waals surface area contributed by atoms with Gasteiger partial charge in [0.2, 0.25) is 0 Å². The van der Waals surface area contributed by atoms with Crippen molar-refractivity contribution in [3.05, 3.63) is 35.0 Å². The zero-order valence-corrected chi connectivity index (χ0v) is 12.0. The smallest absolute Gasteiger partial charge is 0.0726 e. The zero-order chi connectivity index (χ0) is 13.3. The van der Waals surface area contributed by atoms with Crippen LogP contribution in [0, 0.1) is 6.92 Å². The SMILES string of the molecule is CCc1c(C)nc2ccc(C(C)C)cc2c1NC. The minimum Gasteiger partial charge on any atom is -0.387 e. The predicted molar refractivity (Wildman–Crippen MR) is 79.5 cm³/mol. The number of benzene rings is 1. The number of nitrogens with zero attached hydrogens (tertiary/aromatic N) is 1. The van der Waals surface area contributed by atoms with Crippen molar-refractivity contribution in [2.75, 3.05) is 12.4 Å². The molecule has 96 valence electrons. The van der Waals surface area contributed by atoms with Gasteiger partial charge in [-0.1, -0.05) is 26.8 Å². The molecular weight excluding hydrogens is 220 g/mol. The van der Waals surface area contributed by atoms with E-state index in [1.807, 2.05) is 7.05 Å². The van der Waals surface area contributed by atoms with Gasteiger partial charge in [0.25, 0.3) is 0 Å². The Bertz CT molecular complexity index is 571. The van der Waals surface area contributed by atoms with E-state index >= 15 is 0 Å². The lowest BCUT2D eigenvalue weighted by atomic mass is 9.98. The highest BCUT2D eigenvalue weighted by Crippen LogP contribution is 2.30. The number of anilines is 1. The van der Waals surface area contributed by atoms with Gasteiger partial charge in [0.1, 0.15) is 0 Å². The highest BCUT2D eigenvalue weighted by atomic mass is 14.8. The number of fused-ring (bicyclic) bond motifs is 1. The summed E-state index contributed by atoms with van der Waals surface area (Å²) in [5, 5.41) is 4.60. The van der Waals surface area contributed by atoms with Crippen molar-refractivity contribution in [1.82, 2.24) is 4.98 Å². The van der Waals surface area contributed by atoms with Gasteiger partial charge in [-0.25, -0.2) is 0 Å². The first-order chi connectivity index (χ1) is 8.58. The molecule has 1 aromatic carbocycles. The normalized spacial score (nSPS) is 11.2. The van der Waals surface area contributed by atoms with Crippen LogP contribution in [0.15, 0.2) is 18.2 Å². The van der Waals surface area contributed by atoms with Gasteiger partial charge < -0.3 is 5.32 Å². The van der Waals surface area contributed by atoms with Gasteiger partial charge in [0.05, 0.1) is 5.52 Å². The lowest BCUT2D eigenvalue weighted by Crippen LogP contribution is -2.02. The fraction of sp³-hybridized carbons (Fsp3) is 0.438. The van der Waals surface area contributed by atoms with Gasteiger partial charge in [-0.15, -0.1) is 0 Å². The third kappa shape index (κ3) is 2.07. The Morgan fingerprint density at radius 3 is 2.56 bits per heavy atom. The van der Waals surface area contributed by atoms with Crippen LogP contribution in [0.4, 0.5) is 5.69 Å². The average molecular weight is 242 g/mol. The number of hydrogen-bond donors (Lipinski definition) is 1. The van der Waals surface area contributed by atoms with Crippen LogP contribution in [0.25, 0.3) is 10.9 Å². The quantitative estimate of drug-likeness (QED) is 0.869. The molecule has 2 rings (SSSR count). The molecule has 0 radical (unpaired) electrons. The van der Waals surface area contributed by atoms with E-state index in [2.05, 4.69) is 51.2 Å². The highest BCUT2D eigenvalue weighted by molar-refractivity contribution is 5.94. The molecule has 0 aliphatic carbocycles. The van der Waals surface area contributed by atoms with Crippen molar-refractivity contribution in [1.29, 1.82) is 0 Å². The maximum absolute atomic E-state index is 4.72. The van der Waals surface area contributed by atoms with Crippen molar-refractivity contribution < 1.29 is 0 Å². The first-order valence-corrected chi connectivity index (χ1v) is 6.69. The molecule has 0 saturated carbocycles. The van der Waals surface area contributed by atoms with E-state index in [0.717, 1.165) is 17.6 Å². The van der Waals surface area contributed by atoms with Crippen molar-refractivity contribution in [2.45, 2.75) is 40.0 Å². The van der Waals surface area contributed by atoms with Crippen LogP contribution in [0.2, 0.25) is 0 Å². The third-order valence-corrected chi connectivity index (χ3v) is 3.59. The molecule has 0 amide bonds. The van der Waals surface area contributed by atoms with Crippen LogP contribution in [0.5, 0.6) is 0 Å². The first-order valence-electron chi connectivity index (χ1n) is 6.69. The first kappa shape index (κ1) is 12.9. The second-order valence-corrected chi connectivity index (χ2v) is 5.09. The lowest BCUT2D eigenvalue weighted by molar-refractivity contribution is 0.868.